The van der Waals surface area contributed by atoms with E-state index in [0.717, 1.165) is 19.6 Å². The third kappa shape index (κ3) is 6.62. The molecule has 2 aliphatic heterocycles. The number of hydrogen-bond acceptors (Lipinski definition) is 6. The number of carboxylic acids is 1. The number of halogens is 3. The van der Waals surface area contributed by atoms with E-state index < -0.39 is 22.4 Å². The molecule has 13 heteroatoms. The molecule has 0 spiro atoms. The van der Waals surface area contributed by atoms with Crippen molar-refractivity contribution in [3.63, 3.8) is 0 Å². The van der Waals surface area contributed by atoms with Gasteiger partial charge in [-0.2, -0.15) is 41.5 Å². The SMILES string of the molecule is CN(C)S(=O)(=O)N1C[C@@H]2CN(Cc3ccsc3)CCO[C@@H]2C1.O=C(O)C(F)(F)F. The third-order valence-corrected chi connectivity index (χ3v) is 7.20. The lowest BCUT2D eigenvalue weighted by molar-refractivity contribution is -0.192. The topological polar surface area (TPSA) is 90.4 Å². The number of fused-ring (bicyclic) bond motifs is 1. The molecule has 2 aliphatic rings. The van der Waals surface area contributed by atoms with Crippen LogP contribution in [-0.2, 0) is 26.3 Å². The molecule has 0 aliphatic carbocycles. The summed E-state index contributed by atoms with van der Waals surface area (Å²) >= 11 is 1.71. The third-order valence-electron chi connectivity index (χ3n) is 4.60. The highest BCUT2D eigenvalue weighted by atomic mass is 32.2. The Labute approximate surface area is 171 Å². The Hall–Kier alpha value is -1.25. The van der Waals surface area contributed by atoms with Gasteiger partial charge < -0.3 is 9.84 Å². The molecule has 0 bridgehead atoms. The number of rotatable bonds is 4. The fraction of sp³-hybridized carbons (Fsp3) is 0.688. The van der Waals surface area contributed by atoms with E-state index in [-0.39, 0.29) is 12.0 Å². The fourth-order valence-electron chi connectivity index (χ4n) is 3.13. The van der Waals surface area contributed by atoms with Crippen LogP contribution in [0.2, 0.25) is 0 Å². The number of aliphatic carboxylic acids is 1. The summed E-state index contributed by atoms with van der Waals surface area (Å²) in [4.78, 5) is 11.3. The molecule has 8 nitrogen and oxygen atoms in total. The Kier molecular flexibility index (Phi) is 8.04. The van der Waals surface area contributed by atoms with Crippen molar-refractivity contribution in [1.82, 2.24) is 13.5 Å². The zero-order valence-corrected chi connectivity index (χ0v) is 17.6. The van der Waals surface area contributed by atoms with Crippen molar-refractivity contribution in [1.29, 1.82) is 0 Å². The van der Waals surface area contributed by atoms with Gasteiger partial charge in [0.15, 0.2) is 0 Å². The largest absolute Gasteiger partial charge is 0.490 e. The molecular weight excluding hydrogens is 435 g/mol. The van der Waals surface area contributed by atoms with E-state index in [4.69, 9.17) is 14.6 Å². The fourth-order valence-corrected chi connectivity index (χ4v) is 4.96. The summed E-state index contributed by atoms with van der Waals surface area (Å²) in [6.45, 7) is 4.39. The summed E-state index contributed by atoms with van der Waals surface area (Å²) in [6.07, 6.45) is -5.07. The van der Waals surface area contributed by atoms with Crippen LogP contribution in [0.25, 0.3) is 0 Å². The first-order valence-electron chi connectivity index (χ1n) is 8.74. The number of ether oxygens (including phenoxy) is 1. The molecule has 1 N–H and O–H groups in total. The van der Waals surface area contributed by atoms with Crippen LogP contribution in [0.5, 0.6) is 0 Å². The molecule has 29 heavy (non-hydrogen) atoms. The van der Waals surface area contributed by atoms with Crippen molar-refractivity contribution in [2.45, 2.75) is 18.8 Å². The lowest BCUT2D eigenvalue weighted by Crippen LogP contribution is -2.40. The molecule has 3 heterocycles. The van der Waals surface area contributed by atoms with Crippen LogP contribution in [0, 0.1) is 5.92 Å². The van der Waals surface area contributed by atoms with Crippen LogP contribution in [-0.4, -0.2) is 92.2 Å². The van der Waals surface area contributed by atoms with Crippen LogP contribution in [0.3, 0.4) is 0 Å². The van der Waals surface area contributed by atoms with E-state index >= 15 is 0 Å². The standard InChI is InChI=1S/C14H23N3O3S2.C2HF3O2/c1-15(2)22(18,19)17-9-13-8-16(4-5-20-14(13)10-17)7-12-3-6-21-11-12;3-2(4,5)1(6)7/h3,6,11,13-14H,4-5,7-10H2,1-2H3;(H,6,7)/t13-,14+;/m0./s1. The van der Waals surface area contributed by atoms with Gasteiger partial charge in [0.1, 0.15) is 0 Å². The van der Waals surface area contributed by atoms with Gasteiger partial charge in [0.2, 0.25) is 0 Å². The monoisotopic (exact) mass is 459 g/mol. The highest BCUT2D eigenvalue weighted by Gasteiger charge is 2.42. The van der Waals surface area contributed by atoms with Gasteiger partial charge in [-0.15, -0.1) is 0 Å². The van der Waals surface area contributed by atoms with E-state index in [0.29, 0.717) is 19.7 Å². The number of thiophene rings is 1. The van der Waals surface area contributed by atoms with Gasteiger partial charge in [-0.25, -0.2) is 4.79 Å². The Morgan fingerprint density at radius 3 is 2.52 bits per heavy atom. The van der Waals surface area contributed by atoms with Gasteiger partial charge in [-0.3, -0.25) is 4.90 Å². The first-order valence-corrected chi connectivity index (χ1v) is 11.1. The Bertz CT molecular complexity index is 771. The van der Waals surface area contributed by atoms with Gasteiger partial charge in [0, 0.05) is 52.7 Å². The lowest BCUT2D eigenvalue weighted by atomic mass is 10.1. The molecular formula is C16H24F3N3O5S2. The highest BCUT2D eigenvalue weighted by molar-refractivity contribution is 7.86. The first kappa shape index (κ1) is 24.0. The molecule has 0 aromatic carbocycles. The second-order valence-electron chi connectivity index (χ2n) is 6.95. The highest BCUT2D eigenvalue weighted by Crippen LogP contribution is 2.27. The molecule has 0 amide bonds. The molecule has 0 radical (unpaired) electrons. The molecule has 1 aromatic rings. The quantitative estimate of drug-likeness (QED) is 0.731. The molecule has 3 rings (SSSR count). The van der Waals surface area contributed by atoms with Crippen molar-refractivity contribution in [2.75, 3.05) is 46.9 Å². The predicted octanol–water partition coefficient (Wildman–Crippen LogP) is 1.32. The maximum Gasteiger partial charge on any atom is 0.490 e. The molecule has 2 saturated heterocycles. The van der Waals surface area contributed by atoms with E-state index in [2.05, 4.69) is 21.7 Å². The van der Waals surface area contributed by atoms with Crippen LogP contribution in [0.4, 0.5) is 13.2 Å². The normalized spacial score (nSPS) is 23.9. The second-order valence-corrected chi connectivity index (χ2v) is 9.87. The maximum atomic E-state index is 12.3. The first-order chi connectivity index (χ1) is 13.4. The number of hydrogen-bond donors (Lipinski definition) is 1. The van der Waals surface area contributed by atoms with E-state index in [1.165, 1.54) is 9.87 Å². The number of nitrogens with zero attached hydrogens (tertiary/aromatic N) is 3. The van der Waals surface area contributed by atoms with Crippen molar-refractivity contribution < 1.29 is 36.2 Å². The number of alkyl halides is 3. The van der Waals surface area contributed by atoms with E-state index in [1.54, 1.807) is 29.7 Å². The summed E-state index contributed by atoms with van der Waals surface area (Å²) in [5.74, 6) is -2.51. The van der Waals surface area contributed by atoms with Crippen molar-refractivity contribution in [3.05, 3.63) is 22.4 Å². The Balaban J connectivity index is 0.000000370. The second kappa shape index (κ2) is 9.71. The van der Waals surface area contributed by atoms with Crippen molar-refractivity contribution in [2.24, 2.45) is 5.92 Å². The Morgan fingerprint density at radius 1 is 1.34 bits per heavy atom. The van der Waals surface area contributed by atoms with Crippen LogP contribution in [0.15, 0.2) is 16.8 Å². The van der Waals surface area contributed by atoms with E-state index in [1.807, 2.05) is 0 Å². The van der Waals surface area contributed by atoms with Crippen LogP contribution >= 0.6 is 11.3 Å². The van der Waals surface area contributed by atoms with Crippen LogP contribution < -0.4 is 0 Å². The van der Waals surface area contributed by atoms with Gasteiger partial charge in [-0.05, 0) is 22.4 Å². The summed E-state index contributed by atoms with van der Waals surface area (Å²) in [6, 6.07) is 2.14. The van der Waals surface area contributed by atoms with Crippen LogP contribution in [0.1, 0.15) is 5.56 Å². The molecule has 166 valence electrons. The zero-order chi connectivity index (χ0) is 21.8. The molecule has 2 fully saturated rings. The lowest BCUT2D eigenvalue weighted by Gasteiger charge is -2.24. The minimum Gasteiger partial charge on any atom is -0.475 e. The zero-order valence-electron chi connectivity index (χ0n) is 16.0. The summed E-state index contributed by atoms with van der Waals surface area (Å²) < 4.78 is 65.1. The molecule has 0 saturated carbocycles. The average molecular weight is 460 g/mol. The average Bonchev–Trinajstić information content (AvgIpc) is 3.21. The number of carboxylic acid groups (broad SMARTS) is 1. The smallest absolute Gasteiger partial charge is 0.475 e. The molecule has 2 atom stereocenters. The molecule has 1 aromatic heterocycles. The van der Waals surface area contributed by atoms with Gasteiger partial charge in [0.05, 0.1) is 12.7 Å². The van der Waals surface area contributed by atoms with Crippen molar-refractivity contribution >= 4 is 27.5 Å². The van der Waals surface area contributed by atoms with Gasteiger partial charge in [-0.1, -0.05) is 0 Å². The van der Waals surface area contributed by atoms with Gasteiger partial charge in [0.25, 0.3) is 10.2 Å². The van der Waals surface area contributed by atoms with E-state index in [9.17, 15) is 21.6 Å². The number of carbonyl (C=O) groups is 1. The minimum atomic E-state index is -5.08. The predicted molar refractivity (Wildman–Crippen MR) is 101 cm³/mol. The Morgan fingerprint density at radius 2 is 2.00 bits per heavy atom. The summed E-state index contributed by atoms with van der Waals surface area (Å²) in [5.41, 5.74) is 1.32. The minimum absolute atomic E-state index is 0.0159. The maximum absolute atomic E-state index is 12.3. The van der Waals surface area contributed by atoms with Gasteiger partial charge >= 0.3 is 12.1 Å². The summed E-state index contributed by atoms with van der Waals surface area (Å²) in [7, 11) is -0.191. The van der Waals surface area contributed by atoms with Crippen molar-refractivity contribution in [3.8, 4) is 0 Å². The summed E-state index contributed by atoms with van der Waals surface area (Å²) in [5, 5.41) is 11.4. The molecule has 0 unspecified atom stereocenters.